The van der Waals surface area contributed by atoms with Crippen LogP contribution in [-0.2, 0) is 0 Å². The summed E-state index contributed by atoms with van der Waals surface area (Å²) in [6.45, 7) is 4.22. The number of halogens is 2. The van der Waals surface area contributed by atoms with Crippen molar-refractivity contribution in [3.63, 3.8) is 0 Å². The summed E-state index contributed by atoms with van der Waals surface area (Å²) in [5.41, 5.74) is 0. The standard InChI is InChI=1S/C8H12Cl2Si2/c1-11(9)7-3-5-8(6-4-7)12(2)10/h3-6,11-12H,1-2H3. The highest BCUT2D eigenvalue weighted by Crippen LogP contribution is 1.94. The lowest BCUT2D eigenvalue weighted by molar-refractivity contribution is 1.81. The molecular formula is C8H12Cl2Si2. The zero-order valence-corrected chi connectivity index (χ0v) is 11.0. The van der Waals surface area contributed by atoms with Gasteiger partial charge in [0.1, 0.15) is 0 Å². The van der Waals surface area contributed by atoms with Gasteiger partial charge in [-0.05, 0) is 10.4 Å². The number of rotatable bonds is 2. The highest BCUT2D eigenvalue weighted by molar-refractivity contribution is 7.14. The highest BCUT2D eigenvalue weighted by Gasteiger charge is 2.05. The molecule has 0 spiro atoms. The normalized spacial score (nSPS) is 15.7. The maximum Gasteiger partial charge on any atom is 0.168 e. The summed E-state index contributed by atoms with van der Waals surface area (Å²) in [4.78, 5) is 0. The Kier molecular flexibility index (Phi) is 3.84. The van der Waals surface area contributed by atoms with Crippen LogP contribution in [0.2, 0.25) is 13.1 Å². The van der Waals surface area contributed by atoms with Crippen LogP contribution in [0.1, 0.15) is 0 Å². The van der Waals surface area contributed by atoms with E-state index in [9.17, 15) is 0 Å². The van der Waals surface area contributed by atoms with Gasteiger partial charge in [0.2, 0.25) is 0 Å². The summed E-state index contributed by atoms with van der Waals surface area (Å²) in [6, 6.07) is 8.46. The Bertz CT molecular complexity index is 217. The molecule has 1 rings (SSSR count). The van der Waals surface area contributed by atoms with Gasteiger partial charge in [0.05, 0.1) is 0 Å². The molecule has 0 aromatic heterocycles. The van der Waals surface area contributed by atoms with Gasteiger partial charge < -0.3 is 0 Å². The molecule has 0 N–H and O–H groups in total. The zero-order valence-electron chi connectivity index (χ0n) is 7.22. The summed E-state index contributed by atoms with van der Waals surface area (Å²) in [7, 11) is -2.27. The molecule has 66 valence electrons. The first-order chi connectivity index (χ1) is 5.61. The third kappa shape index (κ3) is 2.62. The minimum atomic E-state index is -1.14. The Morgan fingerprint density at radius 1 is 0.833 bits per heavy atom. The molecule has 0 saturated heterocycles. The lowest BCUT2D eigenvalue weighted by atomic mass is 10.4. The van der Waals surface area contributed by atoms with E-state index >= 15 is 0 Å². The van der Waals surface area contributed by atoms with Crippen molar-refractivity contribution in [3.8, 4) is 0 Å². The van der Waals surface area contributed by atoms with Gasteiger partial charge in [-0.15, -0.1) is 0 Å². The quantitative estimate of drug-likeness (QED) is 0.535. The van der Waals surface area contributed by atoms with Crippen LogP contribution in [0.4, 0.5) is 0 Å². The van der Waals surface area contributed by atoms with Crippen molar-refractivity contribution in [2.45, 2.75) is 13.1 Å². The van der Waals surface area contributed by atoms with Crippen LogP contribution < -0.4 is 10.4 Å². The van der Waals surface area contributed by atoms with Gasteiger partial charge in [-0.1, -0.05) is 37.4 Å². The molecule has 0 fully saturated rings. The molecule has 0 saturated carbocycles. The molecule has 0 aliphatic carbocycles. The minimum absolute atomic E-state index is 1.14. The van der Waals surface area contributed by atoms with Crippen molar-refractivity contribution in [3.05, 3.63) is 24.3 Å². The molecule has 2 atom stereocenters. The van der Waals surface area contributed by atoms with Gasteiger partial charge in [0, 0.05) is 0 Å². The second kappa shape index (κ2) is 4.46. The van der Waals surface area contributed by atoms with Gasteiger partial charge in [-0.3, -0.25) is 0 Å². The van der Waals surface area contributed by atoms with Gasteiger partial charge >= 0.3 is 0 Å². The van der Waals surface area contributed by atoms with Crippen molar-refractivity contribution in [1.82, 2.24) is 0 Å². The van der Waals surface area contributed by atoms with Crippen molar-refractivity contribution in [1.29, 1.82) is 0 Å². The summed E-state index contributed by atoms with van der Waals surface area (Å²) in [6.07, 6.45) is 0. The number of hydrogen-bond acceptors (Lipinski definition) is 0. The fourth-order valence-electron chi connectivity index (χ4n) is 1.03. The molecule has 4 heteroatoms. The Labute approximate surface area is 86.1 Å². The lowest BCUT2D eigenvalue weighted by Crippen LogP contribution is -2.26. The molecule has 2 unspecified atom stereocenters. The lowest BCUT2D eigenvalue weighted by Gasteiger charge is -2.04. The summed E-state index contributed by atoms with van der Waals surface area (Å²) < 4.78 is 0. The van der Waals surface area contributed by atoms with Crippen LogP contribution >= 0.6 is 22.2 Å². The number of hydrogen-bond donors (Lipinski definition) is 0. The second-order valence-corrected chi connectivity index (χ2v) is 10.6. The maximum atomic E-state index is 6.05. The van der Waals surface area contributed by atoms with Crippen molar-refractivity contribution >= 4 is 48.7 Å². The molecule has 0 aliphatic heterocycles. The maximum absolute atomic E-state index is 6.05. The van der Waals surface area contributed by atoms with Gasteiger partial charge in [-0.2, -0.15) is 22.2 Å². The summed E-state index contributed by atoms with van der Waals surface area (Å²) >= 11 is 12.1. The van der Waals surface area contributed by atoms with Crippen molar-refractivity contribution < 1.29 is 0 Å². The Morgan fingerprint density at radius 2 is 1.08 bits per heavy atom. The molecule has 1 aromatic rings. The van der Waals surface area contributed by atoms with Crippen LogP contribution in [0.15, 0.2) is 24.3 Å². The predicted octanol–water partition coefficient (Wildman–Crippen LogP) is 1.29. The zero-order chi connectivity index (χ0) is 9.14. The smallest absolute Gasteiger partial charge is 0.166 e. The molecule has 1 aromatic carbocycles. The van der Waals surface area contributed by atoms with Crippen LogP contribution in [0, 0.1) is 0 Å². The van der Waals surface area contributed by atoms with Crippen molar-refractivity contribution in [2.75, 3.05) is 0 Å². The SMILES string of the molecule is C[SiH](Cl)c1ccc([SiH](C)Cl)cc1. The van der Waals surface area contributed by atoms with E-state index in [2.05, 4.69) is 37.4 Å². The van der Waals surface area contributed by atoms with Crippen LogP contribution in [-0.4, -0.2) is 16.2 Å². The van der Waals surface area contributed by atoms with Crippen molar-refractivity contribution in [2.24, 2.45) is 0 Å². The highest BCUT2D eigenvalue weighted by atomic mass is 35.6. The fourth-order valence-corrected chi connectivity index (χ4v) is 3.34. The van der Waals surface area contributed by atoms with E-state index in [1.807, 2.05) is 0 Å². The van der Waals surface area contributed by atoms with E-state index < -0.39 is 16.2 Å². The van der Waals surface area contributed by atoms with Crippen LogP contribution in [0.25, 0.3) is 0 Å². The first kappa shape index (κ1) is 10.3. The fraction of sp³-hybridized carbons (Fsp3) is 0.250. The van der Waals surface area contributed by atoms with Crippen LogP contribution in [0.5, 0.6) is 0 Å². The first-order valence-corrected chi connectivity index (χ1v) is 10.9. The molecule has 0 radical (unpaired) electrons. The molecular weight excluding hydrogens is 223 g/mol. The molecule has 0 heterocycles. The summed E-state index contributed by atoms with van der Waals surface area (Å²) in [5, 5.41) is 2.60. The third-order valence-corrected chi connectivity index (χ3v) is 5.97. The average Bonchev–Trinajstić information content (AvgIpc) is 2.04. The average molecular weight is 235 g/mol. The minimum Gasteiger partial charge on any atom is -0.166 e. The van der Waals surface area contributed by atoms with E-state index in [4.69, 9.17) is 22.2 Å². The van der Waals surface area contributed by atoms with E-state index in [1.165, 1.54) is 10.4 Å². The monoisotopic (exact) mass is 234 g/mol. The van der Waals surface area contributed by atoms with E-state index in [0.717, 1.165) is 0 Å². The molecule has 0 aliphatic rings. The second-order valence-electron chi connectivity index (χ2n) is 2.90. The number of benzene rings is 1. The Morgan fingerprint density at radius 3 is 1.25 bits per heavy atom. The van der Waals surface area contributed by atoms with Gasteiger partial charge in [0.25, 0.3) is 0 Å². The summed E-state index contributed by atoms with van der Waals surface area (Å²) in [5.74, 6) is 0. The predicted molar refractivity (Wildman–Crippen MR) is 63.4 cm³/mol. The molecule has 0 nitrogen and oxygen atoms in total. The largest absolute Gasteiger partial charge is 0.168 e. The van der Waals surface area contributed by atoms with Crippen LogP contribution in [0.3, 0.4) is 0 Å². The third-order valence-electron chi connectivity index (χ3n) is 1.86. The van der Waals surface area contributed by atoms with E-state index in [1.54, 1.807) is 0 Å². The Hall–Kier alpha value is 0.234. The van der Waals surface area contributed by atoms with Gasteiger partial charge in [0.15, 0.2) is 16.2 Å². The molecule has 12 heavy (non-hydrogen) atoms. The molecule has 0 amide bonds. The van der Waals surface area contributed by atoms with Gasteiger partial charge in [-0.25, -0.2) is 0 Å². The first-order valence-electron chi connectivity index (χ1n) is 3.99. The Balaban J connectivity index is 2.86. The van der Waals surface area contributed by atoms with E-state index in [0.29, 0.717) is 0 Å². The topological polar surface area (TPSA) is 0 Å². The molecule has 0 bridgehead atoms. The van der Waals surface area contributed by atoms with E-state index in [-0.39, 0.29) is 0 Å².